The van der Waals surface area contributed by atoms with Gasteiger partial charge >= 0.3 is 0 Å². The molecule has 194 valence electrons. The topological polar surface area (TPSA) is 93.2 Å². The zero-order valence-corrected chi connectivity index (χ0v) is 21.6. The number of nitrogens with one attached hydrogen (secondary N) is 2. The van der Waals surface area contributed by atoms with Crippen LogP contribution >= 0.6 is 11.3 Å². The van der Waals surface area contributed by atoms with E-state index in [-0.39, 0.29) is 23.6 Å². The third kappa shape index (κ3) is 7.97. The van der Waals surface area contributed by atoms with Gasteiger partial charge in [-0.2, -0.15) is 8.78 Å². The first-order valence-electron chi connectivity index (χ1n) is 12.5. The van der Waals surface area contributed by atoms with Gasteiger partial charge in [0.1, 0.15) is 0 Å². The van der Waals surface area contributed by atoms with E-state index in [2.05, 4.69) is 29.1 Å². The molecule has 6 N–H and O–H groups in total. The third-order valence-corrected chi connectivity index (χ3v) is 7.32. The van der Waals surface area contributed by atoms with E-state index >= 15 is 0 Å². The fourth-order valence-corrected chi connectivity index (χ4v) is 5.11. The number of carbonyl (C=O) groups excluding carboxylic acids is 1. The van der Waals surface area contributed by atoms with E-state index in [9.17, 15) is 13.6 Å². The number of hydrogen-bond donors (Lipinski definition) is 4. The summed E-state index contributed by atoms with van der Waals surface area (Å²) in [4.78, 5) is 13.7. The Hall–Kier alpha value is -2.57. The zero-order valence-electron chi connectivity index (χ0n) is 20.8. The van der Waals surface area contributed by atoms with E-state index in [1.54, 1.807) is 17.5 Å². The Morgan fingerprint density at radius 1 is 1.39 bits per heavy atom. The Kier molecular flexibility index (Phi) is 10.2. The molecular weight excluding hydrogens is 478 g/mol. The van der Waals surface area contributed by atoms with Crippen LogP contribution in [-0.2, 0) is 0 Å². The zero-order chi connectivity index (χ0) is 26.1. The summed E-state index contributed by atoms with van der Waals surface area (Å²) >= 11 is 1.38. The van der Waals surface area contributed by atoms with E-state index in [4.69, 9.17) is 11.5 Å². The summed E-state index contributed by atoms with van der Waals surface area (Å²) in [5, 5.41) is 8.00. The molecule has 0 radical (unpaired) electrons. The van der Waals surface area contributed by atoms with Crippen LogP contribution in [0.4, 0.5) is 8.78 Å². The molecule has 0 aromatic carbocycles. The number of carbonyl (C=O) groups is 1. The third-order valence-electron chi connectivity index (χ3n) is 6.48. The van der Waals surface area contributed by atoms with E-state index in [0.29, 0.717) is 24.5 Å². The molecule has 0 spiro atoms. The maximum atomic E-state index is 14.5. The van der Waals surface area contributed by atoms with Gasteiger partial charge in [-0.3, -0.25) is 4.79 Å². The van der Waals surface area contributed by atoms with Crippen LogP contribution in [0.5, 0.6) is 0 Å². The van der Waals surface area contributed by atoms with Crippen LogP contribution in [0.1, 0.15) is 60.7 Å². The van der Waals surface area contributed by atoms with Crippen molar-refractivity contribution in [3.05, 3.63) is 69.5 Å². The molecule has 1 unspecified atom stereocenters. The van der Waals surface area contributed by atoms with Gasteiger partial charge in [0.2, 0.25) is 0 Å². The lowest BCUT2D eigenvalue weighted by atomic mass is 9.81. The molecule has 1 aromatic heterocycles. The van der Waals surface area contributed by atoms with Crippen LogP contribution in [0.15, 0.2) is 59.0 Å². The minimum atomic E-state index is -3.15. The van der Waals surface area contributed by atoms with Crippen molar-refractivity contribution < 1.29 is 13.6 Å². The SMILES string of the molecule is C=CC(F)(F)C1=CC(NC(=O)c2csc(C#C/C(=C/CCC(N)N)CC)c2)CC(C2CCNCC2)=C1. The van der Waals surface area contributed by atoms with Crippen LogP contribution in [0, 0.1) is 17.8 Å². The van der Waals surface area contributed by atoms with E-state index in [0.717, 1.165) is 54.8 Å². The van der Waals surface area contributed by atoms with Gasteiger partial charge < -0.3 is 22.1 Å². The normalized spacial score (nSPS) is 19.3. The van der Waals surface area contributed by atoms with Crippen LogP contribution in [0.2, 0.25) is 0 Å². The van der Waals surface area contributed by atoms with E-state index in [1.807, 2.05) is 13.0 Å². The molecule has 2 aliphatic rings. The average Bonchev–Trinajstić information content (AvgIpc) is 3.35. The first kappa shape index (κ1) is 28.0. The average molecular weight is 515 g/mol. The number of nitrogens with two attached hydrogens (primary N) is 2. The summed E-state index contributed by atoms with van der Waals surface area (Å²) < 4.78 is 29.1. The van der Waals surface area contributed by atoms with Crippen molar-refractivity contribution in [3.63, 3.8) is 0 Å². The molecule has 1 aromatic rings. The first-order valence-corrected chi connectivity index (χ1v) is 13.4. The van der Waals surface area contributed by atoms with Gasteiger partial charge in [0.15, 0.2) is 0 Å². The van der Waals surface area contributed by atoms with Crippen molar-refractivity contribution in [3.8, 4) is 11.8 Å². The highest BCUT2D eigenvalue weighted by Crippen LogP contribution is 2.36. The molecule has 1 aliphatic heterocycles. The smallest absolute Gasteiger partial charge is 0.291 e. The number of amides is 1. The fourth-order valence-electron chi connectivity index (χ4n) is 4.38. The number of piperidine rings is 1. The minimum Gasteiger partial charge on any atom is -0.345 e. The summed E-state index contributed by atoms with van der Waals surface area (Å²) in [7, 11) is 0. The van der Waals surface area contributed by atoms with Gasteiger partial charge in [-0.1, -0.05) is 49.1 Å². The van der Waals surface area contributed by atoms with Gasteiger partial charge in [-0.15, -0.1) is 11.3 Å². The lowest BCUT2D eigenvalue weighted by Crippen LogP contribution is -2.38. The highest BCUT2D eigenvalue weighted by molar-refractivity contribution is 7.10. The summed E-state index contributed by atoms with van der Waals surface area (Å²) in [6.07, 6.45) is 10.0. The Morgan fingerprint density at radius 2 is 2.14 bits per heavy atom. The summed E-state index contributed by atoms with van der Waals surface area (Å²) in [6.45, 7) is 7.06. The van der Waals surface area contributed by atoms with Crippen molar-refractivity contribution in [1.82, 2.24) is 10.6 Å². The fraction of sp³-hybridized carbons (Fsp3) is 0.464. The van der Waals surface area contributed by atoms with Crippen LogP contribution in [0.25, 0.3) is 0 Å². The van der Waals surface area contributed by atoms with Gasteiger partial charge in [0, 0.05) is 11.0 Å². The molecule has 0 bridgehead atoms. The molecule has 0 saturated carbocycles. The molecule has 1 saturated heterocycles. The predicted octanol–water partition coefficient (Wildman–Crippen LogP) is 4.64. The second-order valence-electron chi connectivity index (χ2n) is 9.25. The number of alkyl halides is 2. The molecule has 1 atom stereocenters. The molecule has 2 heterocycles. The van der Waals surface area contributed by atoms with E-state index < -0.39 is 12.0 Å². The second kappa shape index (κ2) is 13.1. The van der Waals surface area contributed by atoms with Gasteiger partial charge in [0.25, 0.3) is 11.8 Å². The summed E-state index contributed by atoms with van der Waals surface area (Å²) in [6, 6.07) is 1.23. The van der Waals surface area contributed by atoms with Gasteiger partial charge in [0.05, 0.1) is 22.6 Å². The molecular formula is C28H36F2N4OS. The largest absolute Gasteiger partial charge is 0.345 e. The molecule has 5 nitrogen and oxygen atoms in total. The minimum absolute atomic E-state index is 0.103. The van der Waals surface area contributed by atoms with Crippen molar-refractivity contribution in [2.75, 3.05) is 13.1 Å². The van der Waals surface area contributed by atoms with Crippen molar-refractivity contribution >= 4 is 17.2 Å². The second-order valence-corrected chi connectivity index (χ2v) is 10.2. The number of halogens is 2. The van der Waals surface area contributed by atoms with E-state index in [1.165, 1.54) is 17.4 Å². The Balaban J connectivity index is 1.70. The molecule has 1 amide bonds. The molecule has 8 heteroatoms. The standard InChI is InChI=1S/C28H36F2N4OS/c1-3-19(6-5-7-26(31)32)8-9-25-16-22(18-36-25)27(35)34-24-15-21(20-10-12-33-13-11-20)14-23(17-24)28(29,30)4-2/h4,6,14,16-18,20,24,26,33H,2-3,5,7,10-13,15,31-32H2,1H3,(H,34,35)/b19-6+. The highest BCUT2D eigenvalue weighted by atomic mass is 32.1. The maximum absolute atomic E-state index is 14.5. The van der Waals surface area contributed by atoms with Crippen molar-refractivity contribution in [2.24, 2.45) is 17.4 Å². The highest BCUT2D eigenvalue weighted by Gasteiger charge is 2.34. The summed E-state index contributed by atoms with van der Waals surface area (Å²) in [5.74, 6) is 3.07. The Morgan fingerprint density at radius 3 is 2.81 bits per heavy atom. The molecule has 3 rings (SSSR count). The molecule has 36 heavy (non-hydrogen) atoms. The van der Waals surface area contributed by atoms with Crippen molar-refractivity contribution in [1.29, 1.82) is 0 Å². The van der Waals surface area contributed by atoms with Gasteiger partial charge in [-0.25, -0.2) is 0 Å². The lowest BCUT2D eigenvalue weighted by molar-refractivity contribution is 0.0926. The number of rotatable bonds is 9. The molecule has 1 aliphatic carbocycles. The van der Waals surface area contributed by atoms with Crippen LogP contribution in [0.3, 0.4) is 0 Å². The summed E-state index contributed by atoms with van der Waals surface area (Å²) in [5.41, 5.74) is 13.5. The lowest BCUT2D eigenvalue weighted by Gasteiger charge is -2.31. The Labute approximate surface area is 216 Å². The maximum Gasteiger partial charge on any atom is 0.291 e. The predicted molar refractivity (Wildman–Crippen MR) is 144 cm³/mol. The van der Waals surface area contributed by atoms with Crippen LogP contribution in [-0.4, -0.2) is 37.1 Å². The number of hydrogen-bond acceptors (Lipinski definition) is 5. The van der Waals surface area contributed by atoms with Gasteiger partial charge in [-0.05, 0) is 75.2 Å². The van der Waals surface area contributed by atoms with Crippen molar-refractivity contribution in [2.45, 2.75) is 63.6 Å². The Bertz CT molecular complexity index is 1080. The number of thiophene rings is 1. The quantitative estimate of drug-likeness (QED) is 0.220. The van der Waals surface area contributed by atoms with Crippen LogP contribution < -0.4 is 22.1 Å². The first-order chi connectivity index (χ1) is 17.2. The monoisotopic (exact) mass is 514 g/mol. The number of allylic oxidation sites excluding steroid dienone is 5. The molecule has 1 fully saturated rings.